The minimum atomic E-state index is -0.287. The number of hydrogen-bond acceptors (Lipinski definition) is 2. The summed E-state index contributed by atoms with van der Waals surface area (Å²) >= 11 is 0. The summed E-state index contributed by atoms with van der Waals surface area (Å²) in [5.41, 5.74) is 0. The van der Waals surface area contributed by atoms with Gasteiger partial charge in [0.2, 0.25) is 0 Å². The zero-order valence-electron chi connectivity index (χ0n) is 22.3. The molecule has 0 aromatic carbocycles. The molecule has 194 valence electrons. The van der Waals surface area contributed by atoms with Crippen molar-refractivity contribution in [1.29, 1.82) is 0 Å². The Balaban J connectivity index is 3.02. The Bertz CT molecular complexity index is 318. The third-order valence-corrected chi connectivity index (χ3v) is 7.10. The Kier molecular flexibility index (Phi) is 28.9. The Morgan fingerprint density at radius 3 is 0.875 bits per heavy atom. The van der Waals surface area contributed by atoms with Crippen molar-refractivity contribution in [2.75, 3.05) is 6.61 Å². The number of aliphatic hydroxyl groups excluding tert-OH is 2. The molecule has 0 aliphatic carbocycles. The fourth-order valence-corrected chi connectivity index (χ4v) is 4.81. The smallest absolute Gasteiger partial charge is 0.0562 e. The van der Waals surface area contributed by atoms with Crippen LogP contribution in [0.3, 0.4) is 0 Å². The fraction of sp³-hybridized carbons (Fsp3) is 1.00. The van der Waals surface area contributed by atoms with Crippen LogP contribution in [0.5, 0.6) is 0 Å². The van der Waals surface area contributed by atoms with E-state index in [4.69, 9.17) is 5.11 Å². The molecule has 0 saturated carbocycles. The van der Waals surface area contributed by atoms with Gasteiger partial charge in [-0.15, -0.1) is 0 Å². The maximum absolute atomic E-state index is 9.57. The van der Waals surface area contributed by atoms with Gasteiger partial charge in [-0.2, -0.15) is 0 Å². The predicted octanol–water partition coefficient (Wildman–Crippen LogP) is 9.89. The van der Waals surface area contributed by atoms with Gasteiger partial charge in [0, 0.05) is 6.61 Å². The summed E-state index contributed by atoms with van der Waals surface area (Å²) in [6.45, 7) is 2.41. The Morgan fingerprint density at radius 1 is 0.375 bits per heavy atom. The molecule has 0 rings (SSSR count). The number of rotatable bonds is 28. The van der Waals surface area contributed by atoms with Crippen molar-refractivity contribution in [1.82, 2.24) is 0 Å². The molecule has 0 aliphatic heterocycles. The van der Waals surface area contributed by atoms with Gasteiger partial charge in [-0.3, -0.25) is 0 Å². The minimum Gasteiger partial charge on any atom is -0.396 e. The maximum atomic E-state index is 9.57. The molecule has 0 fully saturated rings. The van der Waals surface area contributed by atoms with E-state index in [9.17, 15) is 5.11 Å². The van der Waals surface area contributed by atoms with Crippen LogP contribution in [-0.2, 0) is 0 Å². The van der Waals surface area contributed by atoms with Gasteiger partial charge in [0.05, 0.1) is 6.10 Å². The first-order valence-electron chi connectivity index (χ1n) is 15.1. The molecule has 2 N–H and O–H groups in total. The van der Waals surface area contributed by atoms with Gasteiger partial charge in [0.15, 0.2) is 0 Å². The molecule has 2 nitrogen and oxygen atoms in total. The largest absolute Gasteiger partial charge is 0.396 e. The molecule has 0 heterocycles. The zero-order chi connectivity index (χ0) is 23.4. The van der Waals surface area contributed by atoms with Crippen LogP contribution in [0.2, 0.25) is 0 Å². The standard InChI is InChI=1S/C30H62O2/c1-2-3-4-5-6-7-8-9-10-11-12-13-14-15-16-17-18-19-20-21-22-23-24-25-26-27-30(32)28-29-31/h30-32H,2-29H2,1H3. The Labute approximate surface area is 203 Å². The number of unbranched alkanes of at least 4 members (excludes halogenated alkanes) is 24. The highest BCUT2D eigenvalue weighted by Gasteiger charge is 2.02. The number of hydrogen-bond donors (Lipinski definition) is 2. The van der Waals surface area contributed by atoms with Crippen LogP contribution >= 0.6 is 0 Å². The first-order chi connectivity index (χ1) is 15.8. The molecule has 32 heavy (non-hydrogen) atoms. The van der Waals surface area contributed by atoms with Gasteiger partial charge in [0.25, 0.3) is 0 Å². The highest BCUT2D eigenvalue weighted by molar-refractivity contribution is 4.56. The predicted molar refractivity (Wildman–Crippen MR) is 143 cm³/mol. The Morgan fingerprint density at radius 2 is 0.625 bits per heavy atom. The maximum Gasteiger partial charge on any atom is 0.0562 e. The molecule has 0 aromatic rings. The van der Waals surface area contributed by atoms with E-state index in [1.54, 1.807) is 0 Å². The monoisotopic (exact) mass is 454 g/mol. The van der Waals surface area contributed by atoms with Crippen molar-refractivity contribution < 1.29 is 10.2 Å². The third kappa shape index (κ3) is 28.0. The molecule has 1 atom stereocenters. The average molecular weight is 455 g/mol. The van der Waals surface area contributed by atoms with Crippen molar-refractivity contribution in [2.45, 2.75) is 186 Å². The molecule has 1 unspecified atom stereocenters. The second kappa shape index (κ2) is 29.0. The van der Waals surface area contributed by atoms with Crippen molar-refractivity contribution in [3.8, 4) is 0 Å². The second-order valence-corrected chi connectivity index (χ2v) is 10.4. The summed E-state index contributed by atoms with van der Waals surface area (Å²) in [6, 6.07) is 0. The Hall–Kier alpha value is -0.0800. The third-order valence-electron chi connectivity index (χ3n) is 7.10. The lowest BCUT2D eigenvalue weighted by Crippen LogP contribution is -2.08. The summed E-state index contributed by atoms with van der Waals surface area (Å²) in [4.78, 5) is 0. The molecule has 0 saturated heterocycles. The quantitative estimate of drug-likeness (QED) is 0.115. The minimum absolute atomic E-state index is 0.112. The molecule has 0 bridgehead atoms. The van der Waals surface area contributed by atoms with Crippen molar-refractivity contribution in [3.63, 3.8) is 0 Å². The highest BCUT2D eigenvalue weighted by atomic mass is 16.3. The molecule has 0 amide bonds. The van der Waals surface area contributed by atoms with E-state index in [1.165, 1.54) is 154 Å². The summed E-state index contributed by atoms with van der Waals surface area (Å²) in [5, 5.41) is 18.3. The van der Waals surface area contributed by atoms with Gasteiger partial charge < -0.3 is 10.2 Å². The van der Waals surface area contributed by atoms with Crippen molar-refractivity contribution in [3.05, 3.63) is 0 Å². The van der Waals surface area contributed by atoms with E-state index in [0.717, 1.165) is 12.8 Å². The van der Waals surface area contributed by atoms with Crippen LogP contribution in [0.15, 0.2) is 0 Å². The summed E-state index contributed by atoms with van der Waals surface area (Å²) in [7, 11) is 0. The summed E-state index contributed by atoms with van der Waals surface area (Å²) < 4.78 is 0. The van der Waals surface area contributed by atoms with Crippen LogP contribution in [0, 0.1) is 0 Å². The van der Waals surface area contributed by atoms with Gasteiger partial charge >= 0.3 is 0 Å². The van der Waals surface area contributed by atoms with Crippen LogP contribution in [0.4, 0.5) is 0 Å². The van der Waals surface area contributed by atoms with Gasteiger partial charge in [-0.1, -0.05) is 167 Å². The summed E-state index contributed by atoms with van der Waals surface area (Å²) in [5.74, 6) is 0. The topological polar surface area (TPSA) is 40.5 Å². The molecule has 2 heteroatoms. The molecule has 0 aliphatic rings. The lowest BCUT2D eigenvalue weighted by Gasteiger charge is -2.08. The van der Waals surface area contributed by atoms with Crippen LogP contribution in [0.25, 0.3) is 0 Å². The molecule has 0 radical (unpaired) electrons. The fourth-order valence-electron chi connectivity index (χ4n) is 4.81. The number of aliphatic hydroxyl groups is 2. The molecule has 0 spiro atoms. The van der Waals surface area contributed by atoms with E-state index in [1.807, 2.05) is 0 Å². The first kappa shape index (κ1) is 31.9. The van der Waals surface area contributed by atoms with Gasteiger partial charge in [-0.25, -0.2) is 0 Å². The SMILES string of the molecule is CCCCCCCCCCCCCCCCCCCCCCCCCCCC(O)CCO. The normalized spacial score (nSPS) is 12.5. The molecule has 0 aromatic heterocycles. The van der Waals surface area contributed by atoms with Crippen LogP contribution in [0.1, 0.15) is 180 Å². The van der Waals surface area contributed by atoms with Crippen molar-refractivity contribution >= 4 is 0 Å². The lowest BCUT2D eigenvalue weighted by atomic mass is 10.0. The van der Waals surface area contributed by atoms with E-state index >= 15 is 0 Å². The van der Waals surface area contributed by atoms with Gasteiger partial charge in [-0.05, 0) is 12.8 Å². The molecular formula is C30H62O2. The zero-order valence-corrected chi connectivity index (χ0v) is 22.3. The van der Waals surface area contributed by atoms with Crippen molar-refractivity contribution in [2.24, 2.45) is 0 Å². The summed E-state index contributed by atoms with van der Waals surface area (Å²) in [6.07, 6.45) is 36.6. The van der Waals surface area contributed by atoms with E-state index in [-0.39, 0.29) is 12.7 Å². The first-order valence-corrected chi connectivity index (χ1v) is 15.1. The van der Waals surface area contributed by atoms with E-state index in [2.05, 4.69) is 6.92 Å². The van der Waals surface area contributed by atoms with Crippen LogP contribution < -0.4 is 0 Å². The second-order valence-electron chi connectivity index (χ2n) is 10.4. The lowest BCUT2D eigenvalue weighted by molar-refractivity contribution is 0.122. The van der Waals surface area contributed by atoms with E-state index < -0.39 is 0 Å². The van der Waals surface area contributed by atoms with E-state index in [0.29, 0.717) is 6.42 Å². The average Bonchev–Trinajstić information content (AvgIpc) is 2.79. The van der Waals surface area contributed by atoms with Gasteiger partial charge in [0.1, 0.15) is 0 Å². The molecular weight excluding hydrogens is 392 g/mol. The highest BCUT2D eigenvalue weighted by Crippen LogP contribution is 2.16. The van der Waals surface area contributed by atoms with Crippen LogP contribution in [-0.4, -0.2) is 22.9 Å².